The minimum Gasteiger partial charge on any atom is -0.484 e. The predicted molar refractivity (Wildman–Crippen MR) is 80.1 cm³/mol. The number of carbonyl (C=O) groups is 1. The third-order valence-electron chi connectivity index (χ3n) is 3.68. The van der Waals surface area contributed by atoms with Crippen LogP contribution in [0.3, 0.4) is 0 Å². The number of primary amides is 1. The highest BCUT2D eigenvalue weighted by molar-refractivity contribution is 5.75. The number of hydrogen-bond donors (Lipinski definition) is 2. The van der Waals surface area contributed by atoms with Crippen LogP contribution in [0.1, 0.15) is 17.8 Å². The average molecular weight is 301 g/mol. The van der Waals surface area contributed by atoms with Crippen LogP contribution in [0.2, 0.25) is 0 Å². The van der Waals surface area contributed by atoms with Crippen LogP contribution in [0.4, 0.5) is 0 Å². The number of aromatic nitrogens is 3. The van der Waals surface area contributed by atoms with Crippen molar-refractivity contribution in [3.8, 4) is 5.75 Å². The molecule has 0 radical (unpaired) electrons. The van der Waals surface area contributed by atoms with Gasteiger partial charge >= 0.3 is 0 Å². The van der Waals surface area contributed by atoms with Gasteiger partial charge in [0, 0.05) is 19.0 Å². The van der Waals surface area contributed by atoms with Gasteiger partial charge in [-0.15, -0.1) is 0 Å². The smallest absolute Gasteiger partial charge is 0.255 e. The quantitative estimate of drug-likeness (QED) is 0.797. The fourth-order valence-electron chi connectivity index (χ4n) is 2.57. The normalized spacial score (nSPS) is 17.0. The lowest BCUT2D eigenvalue weighted by Gasteiger charge is -2.23. The molecule has 1 aromatic carbocycles. The molecule has 1 atom stereocenters. The third kappa shape index (κ3) is 3.62. The van der Waals surface area contributed by atoms with Crippen LogP contribution in [0.15, 0.2) is 30.6 Å². The molecule has 0 spiro atoms. The lowest BCUT2D eigenvalue weighted by molar-refractivity contribution is -0.119. The molecule has 2 heterocycles. The molecule has 0 bridgehead atoms. The van der Waals surface area contributed by atoms with Gasteiger partial charge in [0.15, 0.2) is 6.61 Å². The van der Waals surface area contributed by atoms with Gasteiger partial charge < -0.3 is 15.8 Å². The Morgan fingerprint density at radius 1 is 1.50 bits per heavy atom. The summed E-state index contributed by atoms with van der Waals surface area (Å²) in [6.45, 7) is 1.48. The Morgan fingerprint density at radius 3 is 3.27 bits per heavy atom. The number of benzene rings is 1. The average Bonchev–Trinajstić information content (AvgIpc) is 2.99. The molecule has 0 saturated carbocycles. The van der Waals surface area contributed by atoms with Gasteiger partial charge in [0.25, 0.3) is 5.91 Å². The predicted octanol–water partition coefficient (Wildman–Crippen LogP) is 0.247. The Hall–Kier alpha value is -2.41. The lowest BCUT2D eigenvalue weighted by atomic mass is 10.1. The van der Waals surface area contributed by atoms with Crippen LogP contribution in [0.5, 0.6) is 5.75 Å². The van der Waals surface area contributed by atoms with Crippen LogP contribution in [0, 0.1) is 0 Å². The van der Waals surface area contributed by atoms with E-state index in [1.54, 1.807) is 6.33 Å². The maximum absolute atomic E-state index is 10.7. The van der Waals surface area contributed by atoms with E-state index in [1.807, 2.05) is 28.9 Å². The van der Waals surface area contributed by atoms with Gasteiger partial charge in [-0.2, -0.15) is 5.10 Å². The summed E-state index contributed by atoms with van der Waals surface area (Å²) in [7, 11) is 0. The van der Waals surface area contributed by atoms with Gasteiger partial charge in [-0.25, -0.2) is 9.67 Å². The first-order chi connectivity index (χ1) is 10.7. The van der Waals surface area contributed by atoms with E-state index >= 15 is 0 Å². The number of fused-ring (bicyclic) bond motifs is 1. The zero-order valence-electron chi connectivity index (χ0n) is 12.2. The van der Waals surface area contributed by atoms with E-state index in [-0.39, 0.29) is 6.61 Å². The molecule has 1 aromatic heterocycles. The van der Waals surface area contributed by atoms with E-state index in [9.17, 15) is 4.79 Å². The monoisotopic (exact) mass is 301 g/mol. The Bertz CT molecular complexity index is 655. The first-order valence-corrected chi connectivity index (χ1v) is 7.31. The van der Waals surface area contributed by atoms with E-state index in [0.717, 1.165) is 37.3 Å². The first-order valence-electron chi connectivity index (χ1n) is 7.31. The van der Waals surface area contributed by atoms with E-state index in [0.29, 0.717) is 11.8 Å². The van der Waals surface area contributed by atoms with Crippen molar-refractivity contribution in [2.24, 2.45) is 5.73 Å². The number of amides is 1. The number of nitrogens with zero attached hydrogens (tertiary/aromatic N) is 3. The molecule has 1 amide bonds. The van der Waals surface area contributed by atoms with Gasteiger partial charge in [-0.3, -0.25) is 4.79 Å². The molecule has 7 nitrogen and oxygen atoms in total. The summed E-state index contributed by atoms with van der Waals surface area (Å²) in [5.41, 5.74) is 6.18. The largest absolute Gasteiger partial charge is 0.484 e. The molecule has 116 valence electrons. The van der Waals surface area contributed by atoms with Crippen molar-refractivity contribution in [2.45, 2.75) is 32.0 Å². The van der Waals surface area contributed by atoms with Gasteiger partial charge in [-0.1, -0.05) is 12.1 Å². The second-order valence-electron chi connectivity index (χ2n) is 5.38. The standard InChI is InChI=1S/C15H19N5O2/c16-14(21)9-22-13-3-1-2-11(6-13)7-17-12-4-5-15-18-10-19-20(15)8-12/h1-3,6,10,12,17H,4-5,7-9H2,(H2,16,21)/t12-/m0/s1. The van der Waals surface area contributed by atoms with Crippen molar-refractivity contribution in [3.05, 3.63) is 42.0 Å². The molecule has 1 aliphatic rings. The topological polar surface area (TPSA) is 95.1 Å². The molecule has 2 aromatic rings. The summed E-state index contributed by atoms with van der Waals surface area (Å²) < 4.78 is 7.26. The molecule has 0 saturated heterocycles. The first kappa shape index (κ1) is 14.5. The Morgan fingerprint density at radius 2 is 2.41 bits per heavy atom. The number of carbonyl (C=O) groups excluding carboxylic acids is 1. The van der Waals surface area contributed by atoms with Crippen molar-refractivity contribution in [1.82, 2.24) is 20.1 Å². The van der Waals surface area contributed by atoms with Crippen molar-refractivity contribution in [1.29, 1.82) is 0 Å². The molecule has 7 heteroatoms. The third-order valence-corrected chi connectivity index (χ3v) is 3.68. The molecule has 3 N–H and O–H groups in total. The molecule has 1 aliphatic heterocycles. The van der Waals surface area contributed by atoms with Gasteiger partial charge in [-0.05, 0) is 24.1 Å². The van der Waals surface area contributed by atoms with Crippen LogP contribution < -0.4 is 15.8 Å². The van der Waals surface area contributed by atoms with Gasteiger partial charge in [0.05, 0.1) is 6.54 Å². The molecule has 22 heavy (non-hydrogen) atoms. The Kier molecular flexibility index (Phi) is 4.34. The van der Waals surface area contributed by atoms with Gasteiger partial charge in [0.2, 0.25) is 0 Å². The maximum Gasteiger partial charge on any atom is 0.255 e. The second kappa shape index (κ2) is 6.57. The number of aryl methyl sites for hydroxylation is 1. The van der Waals surface area contributed by atoms with Crippen molar-refractivity contribution in [3.63, 3.8) is 0 Å². The van der Waals surface area contributed by atoms with Crippen LogP contribution in [0.25, 0.3) is 0 Å². The van der Waals surface area contributed by atoms with E-state index in [4.69, 9.17) is 10.5 Å². The van der Waals surface area contributed by atoms with E-state index in [1.165, 1.54) is 0 Å². The summed E-state index contributed by atoms with van der Waals surface area (Å²) in [5.74, 6) is 1.23. The summed E-state index contributed by atoms with van der Waals surface area (Å²) in [6.07, 6.45) is 3.60. The van der Waals surface area contributed by atoms with E-state index in [2.05, 4.69) is 15.4 Å². The SMILES string of the molecule is NC(=O)COc1cccc(CN[C@H]2CCc3ncnn3C2)c1. The maximum atomic E-state index is 10.7. The zero-order chi connectivity index (χ0) is 15.4. The number of rotatable bonds is 6. The van der Waals surface area contributed by atoms with Crippen molar-refractivity contribution >= 4 is 5.91 Å². The second-order valence-corrected chi connectivity index (χ2v) is 5.38. The Labute approximate surface area is 128 Å². The van der Waals surface area contributed by atoms with Crippen molar-refractivity contribution < 1.29 is 9.53 Å². The summed E-state index contributed by atoms with van der Waals surface area (Å²) in [5, 5.41) is 7.74. The summed E-state index contributed by atoms with van der Waals surface area (Å²) in [4.78, 5) is 15.0. The number of ether oxygens (including phenoxy) is 1. The zero-order valence-corrected chi connectivity index (χ0v) is 12.2. The van der Waals surface area contributed by atoms with Gasteiger partial charge in [0.1, 0.15) is 17.9 Å². The molecular weight excluding hydrogens is 282 g/mol. The summed E-state index contributed by atoms with van der Waals surface area (Å²) >= 11 is 0. The highest BCUT2D eigenvalue weighted by Crippen LogP contribution is 2.15. The summed E-state index contributed by atoms with van der Waals surface area (Å²) in [6, 6.07) is 8.04. The van der Waals surface area contributed by atoms with Crippen LogP contribution >= 0.6 is 0 Å². The Balaban J connectivity index is 1.53. The molecule has 0 aliphatic carbocycles. The number of hydrogen-bond acceptors (Lipinski definition) is 5. The van der Waals surface area contributed by atoms with E-state index < -0.39 is 5.91 Å². The minimum atomic E-state index is -0.477. The fourth-order valence-corrected chi connectivity index (χ4v) is 2.57. The lowest BCUT2D eigenvalue weighted by Crippen LogP contribution is -2.37. The highest BCUT2D eigenvalue weighted by Gasteiger charge is 2.19. The van der Waals surface area contributed by atoms with Crippen LogP contribution in [-0.4, -0.2) is 33.3 Å². The minimum absolute atomic E-state index is 0.103. The molecular formula is C15H19N5O2. The molecule has 0 fully saturated rings. The molecule has 0 unspecified atom stereocenters. The number of nitrogens with two attached hydrogens (primary N) is 1. The van der Waals surface area contributed by atoms with Crippen LogP contribution in [-0.2, 0) is 24.3 Å². The highest BCUT2D eigenvalue weighted by atomic mass is 16.5. The van der Waals surface area contributed by atoms with Crippen molar-refractivity contribution in [2.75, 3.05) is 6.61 Å². The fraction of sp³-hybridized carbons (Fsp3) is 0.400. The number of nitrogens with one attached hydrogen (secondary N) is 1. The molecule has 3 rings (SSSR count).